The molecule has 5 rings (SSSR count). The van der Waals surface area contributed by atoms with Gasteiger partial charge < -0.3 is 22.1 Å². The monoisotopic (exact) mass is 477 g/mol. The van der Waals surface area contributed by atoms with Gasteiger partial charge in [-0.15, -0.1) is 0 Å². The number of carbonyl (C=O) groups is 2. The van der Waals surface area contributed by atoms with Gasteiger partial charge in [-0.1, -0.05) is 0 Å². The number of aryl methyl sites for hydroxylation is 2. The second kappa shape index (κ2) is 8.95. The quantitative estimate of drug-likeness (QED) is 0.298. The van der Waals surface area contributed by atoms with E-state index >= 15 is 0 Å². The molecule has 9 heteroatoms. The highest BCUT2D eigenvalue weighted by atomic mass is 16.2. The summed E-state index contributed by atoms with van der Waals surface area (Å²) in [6.45, 7) is 3.74. The van der Waals surface area contributed by atoms with Crippen molar-refractivity contribution in [3.05, 3.63) is 89.5 Å². The second-order valence-electron chi connectivity index (χ2n) is 8.54. The number of nitrogens with one attached hydrogen (secondary N) is 2. The standard InChI is InChI=1S/C27H23N7O2/c1-14-7-22(28)20-10-18(3-5-24(20)31-14)33-26(35)16-9-17(13-30-12-16)27(36)34-19-4-6-25-21(11-19)23(29)8-15(2)32-25/h3-13H,1-2H3,(H2,28,31)(H2,29,32)(H,33,35)(H,34,36). The van der Waals surface area contributed by atoms with E-state index < -0.39 is 11.8 Å². The molecule has 0 saturated carbocycles. The van der Waals surface area contributed by atoms with Crippen molar-refractivity contribution in [2.24, 2.45) is 0 Å². The van der Waals surface area contributed by atoms with Crippen LogP contribution < -0.4 is 22.1 Å². The molecule has 0 aliphatic heterocycles. The van der Waals surface area contributed by atoms with Gasteiger partial charge in [-0.3, -0.25) is 24.5 Å². The van der Waals surface area contributed by atoms with E-state index in [4.69, 9.17) is 11.5 Å². The number of carbonyl (C=O) groups excluding carboxylic acids is 2. The normalized spacial score (nSPS) is 10.9. The number of aromatic nitrogens is 3. The van der Waals surface area contributed by atoms with Crippen molar-refractivity contribution in [3.63, 3.8) is 0 Å². The number of hydrogen-bond donors (Lipinski definition) is 4. The molecule has 2 aromatic carbocycles. The maximum Gasteiger partial charge on any atom is 0.257 e. The van der Waals surface area contributed by atoms with Crippen LogP contribution in [0.15, 0.2) is 67.0 Å². The molecule has 6 N–H and O–H groups in total. The molecule has 0 fully saturated rings. The summed E-state index contributed by atoms with van der Waals surface area (Å²) in [6.07, 6.45) is 2.80. The molecule has 3 aromatic heterocycles. The minimum atomic E-state index is -0.407. The first kappa shape index (κ1) is 22.7. The van der Waals surface area contributed by atoms with Crippen molar-refractivity contribution in [3.8, 4) is 0 Å². The third-order valence-corrected chi connectivity index (χ3v) is 5.72. The third kappa shape index (κ3) is 4.49. The first-order chi connectivity index (χ1) is 17.3. The fraction of sp³-hybridized carbons (Fsp3) is 0.0741. The fourth-order valence-electron chi connectivity index (χ4n) is 4.03. The summed E-state index contributed by atoms with van der Waals surface area (Å²) >= 11 is 0. The number of nitrogens with two attached hydrogens (primary N) is 2. The predicted octanol–water partition coefficient (Wildman–Crippen LogP) is 4.46. The molecular weight excluding hydrogens is 454 g/mol. The Morgan fingerprint density at radius 3 is 1.56 bits per heavy atom. The number of pyridine rings is 3. The van der Waals surface area contributed by atoms with Crippen LogP contribution in [0.1, 0.15) is 32.1 Å². The SMILES string of the molecule is Cc1cc(N)c2cc(NC(=O)c3cncc(C(=O)Nc4ccc5nc(C)cc(N)c5c4)c3)ccc2n1. The molecule has 0 atom stereocenters. The van der Waals surface area contributed by atoms with E-state index in [-0.39, 0.29) is 11.1 Å². The third-order valence-electron chi connectivity index (χ3n) is 5.72. The average Bonchev–Trinajstić information content (AvgIpc) is 2.84. The fourth-order valence-corrected chi connectivity index (χ4v) is 4.03. The predicted molar refractivity (Wildman–Crippen MR) is 142 cm³/mol. The molecule has 9 nitrogen and oxygen atoms in total. The summed E-state index contributed by atoms with van der Waals surface area (Å²) in [5, 5.41) is 7.13. The van der Waals surface area contributed by atoms with Crippen LogP contribution in [0.4, 0.5) is 22.7 Å². The van der Waals surface area contributed by atoms with E-state index in [1.54, 1.807) is 48.5 Å². The van der Waals surface area contributed by atoms with E-state index in [2.05, 4.69) is 25.6 Å². The Labute approximate surface area is 206 Å². The number of benzene rings is 2. The van der Waals surface area contributed by atoms with Gasteiger partial charge in [-0.25, -0.2) is 0 Å². The second-order valence-corrected chi connectivity index (χ2v) is 8.54. The first-order valence-corrected chi connectivity index (χ1v) is 11.2. The van der Waals surface area contributed by atoms with Crippen LogP contribution in [0.3, 0.4) is 0 Å². The molecule has 0 saturated heterocycles. The Bertz CT molecular complexity index is 1560. The molecule has 3 heterocycles. The van der Waals surface area contributed by atoms with Crippen molar-refractivity contribution < 1.29 is 9.59 Å². The van der Waals surface area contributed by atoms with Gasteiger partial charge in [0.2, 0.25) is 0 Å². The van der Waals surface area contributed by atoms with Crippen molar-refractivity contribution in [2.75, 3.05) is 22.1 Å². The van der Waals surface area contributed by atoms with Crippen LogP contribution in [0.25, 0.3) is 21.8 Å². The van der Waals surface area contributed by atoms with Gasteiger partial charge >= 0.3 is 0 Å². The van der Waals surface area contributed by atoms with Gasteiger partial charge in [0, 0.05) is 57.3 Å². The molecule has 0 aliphatic carbocycles. The maximum absolute atomic E-state index is 12.9. The lowest BCUT2D eigenvalue weighted by Crippen LogP contribution is -2.16. The topological polar surface area (TPSA) is 149 Å². The number of nitrogen functional groups attached to an aromatic ring is 2. The summed E-state index contributed by atoms with van der Waals surface area (Å²) in [5.41, 5.74) is 18.1. The first-order valence-electron chi connectivity index (χ1n) is 11.2. The number of anilines is 4. The molecule has 0 bridgehead atoms. The minimum absolute atomic E-state index is 0.236. The highest BCUT2D eigenvalue weighted by molar-refractivity contribution is 6.09. The van der Waals surface area contributed by atoms with Gasteiger partial charge in [0.05, 0.1) is 22.2 Å². The molecule has 178 valence electrons. The van der Waals surface area contributed by atoms with Crippen LogP contribution in [0, 0.1) is 13.8 Å². The Morgan fingerprint density at radius 1 is 0.667 bits per heavy atom. The maximum atomic E-state index is 12.9. The molecule has 0 radical (unpaired) electrons. The molecule has 36 heavy (non-hydrogen) atoms. The van der Waals surface area contributed by atoms with Crippen LogP contribution in [0.5, 0.6) is 0 Å². The average molecular weight is 478 g/mol. The van der Waals surface area contributed by atoms with E-state index in [9.17, 15) is 9.59 Å². The smallest absolute Gasteiger partial charge is 0.257 e. The number of hydrogen-bond acceptors (Lipinski definition) is 7. The van der Waals surface area contributed by atoms with Crippen molar-refractivity contribution in [1.29, 1.82) is 0 Å². The number of nitrogens with zero attached hydrogens (tertiary/aromatic N) is 3. The number of fused-ring (bicyclic) bond motifs is 2. The Hall–Kier alpha value is -5.05. The minimum Gasteiger partial charge on any atom is -0.398 e. The summed E-state index contributed by atoms with van der Waals surface area (Å²) in [7, 11) is 0. The van der Waals surface area contributed by atoms with Gasteiger partial charge in [-0.05, 0) is 68.4 Å². The Morgan fingerprint density at radius 2 is 1.11 bits per heavy atom. The zero-order chi connectivity index (χ0) is 25.4. The zero-order valence-electron chi connectivity index (χ0n) is 19.7. The van der Waals surface area contributed by atoms with Crippen LogP contribution in [-0.2, 0) is 0 Å². The van der Waals surface area contributed by atoms with E-state index in [0.29, 0.717) is 22.7 Å². The van der Waals surface area contributed by atoms with E-state index in [1.807, 2.05) is 13.8 Å². The molecular formula is C27H23N7O2. The number of amides is 2. The summed E-state index contributed by atoms with van der Waals surface area (Å²) in [4.78, 5) is 38.7. The summed E-state index contributed by atoms with van der Waals surface area (Å²) in [6, 6.07) is 15.7. The number of rotatable bonds is 4. The van der Waals surface area contributed by atoms with Gasteiger partial charge in [0.1, 0.15) is 0 Å². The Balaban J connectivity index is 1.34. The lowest BCUT2D eigenvalue weighted by molar-refractivity contribution is 0.102. The largest absolute Gasteiger partial charge is 0.398 e. The van der Waals surface area contributed by atoms with Crippen LogP contribution in [-0.4, -0.2) is 26.8 Å². The van der Waals surface area contributed by atoms with Gasteiger partial charge in [0.15, 0.2) is 0 Å². The molecule has 0 spiro atoms. The molecule has 2 amide bonds. The van der Waals surface area contributed by atoms with Gasteiger partial charge in [0.25, 0.3) is 11.8 Å². The van der Waals surface area contributed by atoms with Gasteiger partial charge in [-0.2, -0.15) is 0 Å². The zero-order valence-corrected chi connectivity index (χ0v) is 19.7. The van der Waals surface area contributed by atoms with Crippen molar-refractivity contribution in [2.45, 2.75) is 13.8 Å². The lowest BCUT2D eigenvalue weighted by Gasteiger charge is -2.10. The molecule has 0 unspecified atom stereocenters. The van der Waals surface area contributed by atoms with E-state index in [1.165, 1.54) is 18.5 Å². The molecule has 0 aliphatic rings. The van der Waals surface area contributed by atoms with Crippen molar-refractivity contribution >= 4 is 56.4 Å². The van der Waals surface area contributed by atoms with Crippen molar-refractivity contribution in [1.82, 2.24) is 15.0 Å². The van der Waals surface area contributed by atoms with E-state index in [0.717, 1.165) is 33.2 Å². The summed E-state index contributed by atoms with van der Waals surface area (Å²) < 4.78 is 0. The van der Waals surface area contributed by atoms with Crippen LogP contribution in [0.2, 0.25) is 0 Å². The highest BCUT2D eigenvalue weighted by Crippen LogP contribution is 2.26. The summed E-state index contributed by atoms with van der Waals surface area (Å²) in [5.74, 6) is -0.815. The highest BCUT2D eigenvalue weighted by Gasteiger charge is 2.14. The molecule has 5 aromatic rings. The van der Waals surface area contributed by atoms with Crippen LogP contribution >= 0.6 is 0 Å². The lowest BCUT2D eigenvalue weighted by atomic mass is 10.1. The Kier molecular flexibility index (Phi) is 5.65.